The van der Waals surface area contributed by atoms with E-state index < -0.39 is 0 Å². The van der Waals surface area contributed by atoms with E-state index in [-0.39, 0.29) is 17.1 Å². The van der Waals surface area contributed by atoms with Crippen LogP contribution in [0.2, 0.25) is 0 Å². The molecule has 0 aliphatic carbocycles. The first-order valence-electron chi connectivity index (χ1n) is 10.4. The number of aryl methyl sites for hydroxylation is 1. The maximum atomic E-state index is 13.1. The van der Waals surface area contributed by atoms with Gasteiger partial charge in [-0.05, 0) is 50.3 Å². The number of hydrogen-bond donors (Lipinski definition) is 1. The van der Waals surface area contributed by atoms with Crippen LogP contribution >= 0.6 is 0 Å². The van der Waals surface area contributed by atoms with E-state index in [0.717, 1.165) is 45.7 Å². The quantitative estimate of drug-likeness (QED) is 0.581. The predicted octanol–water partition coefficient (Wildman–Crippen LogP) is 2.31. The summed E-state index contributed by atoms with van der Waals surface area (Å²) in [5.74, 6) is 0.652. The molecular weight excluding hydrogens is 399 g/mol. The fourth-order valence-electron chi connectivity index (χ4n) is 3.58. The van der Waals surface area contributed by atoms with Crippen LogP contribution in [0.4, 0.5) is 10.3 Å². The van der Waals surface area contributed by atoms with Gasteiger partial charge in [0.1, 0.15) is 17.2 Å². The Morgan fingerprint density at radius 2 is 1.87 bits per heavy atom. The van der Waals surface area contributed by atoms with Gasteiger partial charge in [-0.3, -0.25) is 9.36 Å². The molecule has 0 amide bonds. The number of likely N-dealkylation sites (N-methyl/N-ethyl adjacent to an activating group) is 1. The van der Waals surface area contributed by atoms with Crippen LogP contribution in [0.25, 0.3) is 11.0 Å². The Labute approximate surface area is 180 Å². The number of nitrogens with zero attached hydrogens (tertiary/aromatic N) is 5. The number of piperazine rings is 1. The summed E-state index contributed by atoms with van der Waals surface area (Å²) in [7, 11) is 3.80. The van der Waals surface area contributed by atoms with Crippen LogP contribution in [0.1, 0.15) is 6.42 Å². The first-order valence-corrected chi connectivity index (χ1v) is 10.4. The Bertz CT molecular complexity index is 1090. The molecule has 1 fully saturated rings. The van der Waals surface area contributed by atoms with Gasteiger partial charge >= 0.3 is 0 Å². The van der Waals surface area contributed by atoms with Gasteiger partial charge in [0.15, 0.2) is 5.75 Å². The third-order valence-electron chi connectivity index (χ3n) is 5.49. The SMILES string of the molecule is CN1CCN(CCCNc2ncc3cc(Oc4ccc(F)cc4)c(=O)n(C)c3n2)CC1. The van der Waals surface area contributed by atoms with Gasteiger partial charge in [0.05, 0.1) is 0 Å². The van der Waals surface area contributed by atoms with Crippen molar-refractivity contribution < 1.29 is 9.13 Å². The largest absolute Gasteiger partial charge is 0.452 e. The number of fused-ring (bicyclic) bond motifs is 1. The number of hydrogen-bond acceptors (Lipinski definition) is 7. The van der Waals surface area contributed by atoms with Crippen molar-refractivity contribution in [3.63, 3.8) is 0 Å². The second kappa shape index (κ2) is 9.40. The molecule has 1 saturated heterocycles. The van der Waals surface area contributed by atoms with Crippen LogP contribution < -0.4 is 15.6 Å². The Morgan fingerprint density at radius 1 is 1.13 bits per heavy atom. The first-order chi connectivity index (χ1) is 15.0. The molecular formula is C22H27FN6O2. The van der Waals surface area contributed by atoms with E-state index in [4.69, 9.17) is 4.74 Å². The molecule has 0 spiro atoms. The number of anilines is 1. The van der Waals surface area contributed by atoms with Gasteiger partial charge in [-0.2, -0.15) is 4.98 Å². The van der Waals surface area contributed by atoms with Gasteiger partial charge in [0.2, 0.25) is 5.95 Å². The number of benzene rings is 1. The Morgan fingerprint density at radius 3 is 2.61 bits per heavy atom. The van der Waals surface area contributed by atoms with Crippen molar-refractivity contribution in [2.24, 2.45) is 7.05 Å². The lowest BCUT2D eigenvalue weighted by Gasteiger charge is -2.32. The lowest BCUT2D eigenvalue weighted by molar-refractivity contribution is 0.154. The fourth-order valence-corrected chi connectivity index (χ4v) is 3.58. The zero-order valence-corrected chi connectivity index (χ0v) is 17.8. The van der Waals surface area contributed by atoms with Gasteiger partial charge in [-0.25, -0.2) is 9.37 Å². The van der Waals surface area contributed by atoms with Crippen molar-refractivity contribution in [2.75, 3.05) is 51.6 Å². The van der Waals surface area contributed by atoms with E-state index in [1.807, 2.05) is 0 Å². The molecule has 164 valence electrons. The van der Waals surface area contributed by atoms with E-state index >= 15 is 0 Å². The standard InChI is InChI=1S/C22H27FN6O2/c1-27-10-12-29(13-11-27)9-3-8-24-22-25-15-16-14-19(21(30)28(2)20(16)26-22)31-18-6-4-17(23)5-7-18/h4-7,14-15H,3,8-13H2,1-2H3,(H,24,25,26). The summed E-state index contributed by atoms with van der Waals surface area (Å²) in [6.45, 7) is 6.24. The van der Waals surface area contributed by atoms with Gasteiger partial charge in [-0.1, -0.05) is 0 Å². The highest BCUT2D eigenvalue weighted by Crippen LogP contribution is 2.22. The molecule has 1 N–H and O–H groups in total. The molecule has 0 saturated carbocycles. The Kier molecular flexibility index (Phi) is 6.43. The predicted molar refractivity (Wildman–Crippen MR) is 118 cm³/mol. The van der Waals surface area contributed by atoms with Gasteiger partial charge in [-0.15, -0.1) is 0 Å². The summed E-state index contributed by atoms with van der Waals surface area (Å²) in [6, 6.07) is 7.13. The van der Waals surface area contributed by atoms with Crippen LogP contribution in [0.3, 0.4) is 0 Å². The van der Waals surface area contributed by atoms with Crippen LogP contribution in [-0.4, -0.2) is 70.7 Å². The van der Waals surface area contributed by atoms with Crippen molar-refractivity contribution in [3.05, 3.63) is 52.7 Å². The van der Waals surface area contributed by atoms with Crippen molar-refractivity contribution in [1.29, 1.82) is 0 Å². The normalized spacial score (nSPS) is 15.3. The highest BCUT2D eigenvalue weighted by molar-refractivity contribution is 5.76. The number of pyridine rings is 1. The summed E-state index contributed by atoms with van der Waals surface area (Å²) in [6.07, 6.45) is 2.66. The van der Waals surface area contributed by atoms with E-state index in [9.17, 15) is 9.18 Å². The molecule has 31 heavy (non-hydrogen) atoms. The molecule has 3 aromatic rings. The highest BCUT2D eigenvalue weighted by atomic mass is 19.1. The molecule has 0 radical (unpaired) electrons. The number of halogens is 1. The summed E-state index contributed by atoms with van der Waals surface area (Å²) in [4.78, 5) is 26.4. The third-order valence-corrected chi connectivity index (χ3v) is 5.49. The van der Waals surface area contributed by atoms with Gasteiger partial charge in [0, 0.05) is 51.4 Å². The van der Waals surface area contributed by atoms with Crippen molar-refractivity contribution >= 4 is 17.0 Å². The van der Waals surface area contributed by atoms with Gasteiger partial charge in [0.25, 0.3) is 5.56 Å². The maximum Gasteiger partial charge on any atom is 0.294 e. The fraction of sp³-hybridized carbons (Fsp3) is 0.409. The minimum atomic E-state index is -0.365. The molecule has 4 rings (SSSR count). The van der Waals surface area contributed by atoms with Crippen LogP contribution in [0.15, 0.2) is 41.3 Å². The second-order valence-corrected chi connectivity index (χ2v) is 7.83. The molecule has 0 unspecified atom stereocenters. The lowest BCUT2D eigenvalue weighted by atomic mass is 10.3. The van der Waals surface area contributed by atoms with E-state index in [2.05, 4.69) is 32.1 Å². The Hall–Kier alpha value is -3.04. The highest BCUT2D eigenvalue weighted by Gasteiger charge is 2.14. The average molecular weight is 426 g/mol. The van der Waals surface area contributed by atoms with E-state index in [0.29, 0.717) is 22.7 Å². The minimum Gasteiger partial charge on any atom is -0.452 e. The summed E-state index contributed by atoms with van der Waals surface area (Å²) in [5, 5.41) is 3.93. The number of ether oxygens (including phenoxy) is 1. The summed E-state index contributed by atoms with van der Waals surface area (Å²) < 4.78 is 20.2. The molecule has 3 heterocycles. The maximum absolute atomic E-state index is 13.1. The average Bonchev–Trinajstić information content (AvgIpc) is 2.78. The van der Waals surface area contributed by atoms with Crippen LogP contribution in [0.5, 0.6) is 11.5 Å². The second-order valence-electron chi connectivity index (χ2n) is 7.83. The van der Waals surface area contributed by atoms with Crippen LogP contribution in [0, 0.1) is 5.82 Å². The molecule has 1 aromatic carbocycles. The lowest BCUT2D eigenvalue weighted by Crippen LogP contribution is -2.44. The molecule has 0 atom stereocenters. The van der Waals surface area contributed by atoms with E-state index in [1.54, 1.807) is 19.3 Å². The number of nitrogens with one attached hydrogen (secondary N) is 1. The van der Waals surface area contributed by atoms with Gasteiger partial charge < -0.3 is 19.9 Å². The number of aromatic nitrogens is 3. The Balaban J connectivity index is 1.41. The van der Waals surface area contributed by atoms with E-state index in [1.165, 1.54) is 28.8 Å². The monoisotopic (exact) mass is 426 g/mol. The summed E-state index contributed by atoms with van der Waals surface area (Å²) in [5.41, 5.74) is 0.199. The first kappa shape index (κ1) is 21.2. The topological polar surface area (TPSA) is 75.5 Å². The minimum absolute atomic E-state index is 0.137. The molecule has 1 aliphatic heterocycles. The summed E-state index contributed by atoms with van der Waals surface area (Å²) >= 11 is 0. The van der Waals surface area contributed by atoms with Crippen molar-refractivity contribution in [1.82, 2.24) is 24.3 Å². The number of rotatable bonds is 7. The van der Waals surface area contributed by atoms with Crippen molar-refractivity contribution in [2.45, 2.75) is 6.42 Å². The zero-order chi connectivity index (χ0) is 21.8. The smallest absolute Gasteiger partial charge is 0.294 e. The molecule has 1 aliphatic rings. The van der Waals surface area contributed by atoms with Crippen molar-refractivity contribution in [3.8, 4) is 11.5 Å². The third kappa shape index (κ3) is 5.18. The molecule has 9 heteroatoms. The molecule has 8 nitrogen and oxygen atoms in total. The molecule has 2 aromatic heterocycles. The molecule has 0 bridgehead atoms. The van der Waals surface area contributed by atoms with Crippen LogP contribution in [-0.2, 0) is 7.05 Å². The zero-order valence-electron chi connectivity index (χ0n) is 17.8.